The summed E-state index contributed by atoms with van der Waals surface area (Å²) in [6, 6.07) is 4.90. The van der Waals surface area contributed by atoms with Crippen molar-refractivity contribution in [1.29, 1.82) is 0 Å². The van der Waals surface area contributed by atoms with Gasteiger partial charge < -0.3 is 5.32 Å². The Bertz CT molecular complexity index is 536. The second kappa shape index (κ2) is 5.87. The van der Waals surface area contributed by atoms with Crippen molar-refractivity contribution in [3.05, 3.63) is 65.6 Å². The molecule has 1 aromatic carbocycles. The van der Waals surface area contributed by atoms with Crippen molar-refractivity contribution in [2.75, 3.05) is 0 Å². The van der Waals surface area contributed by atoms with Crippen LogP contribution in [0.5, 0.6) is 0 Å². The Kier molecular flexibility index (Phi) is 4.20. The Morgan fingerprint density at radius 1 is 1.42 bits per heavy atom. The lowest BCUT2D eigenvalue weighted by Gasteiger charge is -2.15. The fourth-order valence-electron chi connectivity index (χ4n) is 2.28. The second-order valence-corrected chi connectivity index (χ2v) is 4.91. The fourth-order valence-corrected chi connectivity index (χ4v) is 2.28. The van der Waals surface area contributed by atoms with E-state index < -0.39 is 0 Å². The molecule has 2 heteroatoms. The molecular formula is C17H20FN. The van der Waals surface area contributed by atoms with Crippen molar-refractivity contribution in [1.82, 2.24) is 5.32 Å². The van der Waals surface area contributed by atoms with Crippen LogP contribution in [-0.2, 0) is 0 Å². The van der Waals surface area contributed by atoms with E-state index in [2.05, 4.69) is 18.0 Å². The van der Waals surface area contributed by atoms with E-state index in [0.29, 0.717) is 5.92 Å². The molecule has 1 saturated carbocycles. The van der Waals surface area contributed by atoms with Gasteiger partial charge in [0.15, 0.2) is 0 Å². The zero-order valence-corrected chi connectivity index (χ0v) is 11.5. The average Bonchev–Trinajstić information content (AvgIpc) is 3.21. The Balaban J connectivity index is 2.57. The number of hydrogen-bond acceptors (Lipinski definition) is 1. The highest BCUT2D eigenvalue weighted by Crippen LogP contribution is 2.40. The molecule has 0 unspecified atom stereocenters. The van der Waals surface area contributed by atoms with Gasteiger partial charge in [-0.25, -0.2) is 4.39 Å². The standard InChI is InChI=1S/C17H20FN/c1-4-6-15(13-8-9-13)17(19-5-2)16-11-14(18)10-7-12(16)3/h4-7,10-11,13,19H,2,8-9H2,1,3H3/b6-4-,17-15+. The number of halogens is 1. The van der Waals surface area contributed by atoms with Crippen molar-refractivity contribution in [3.8, 4) is 0 Å². The number of benzene rings is 1. The van der Waals surface area contributed by atoms with Gasteiger partial charge in [0, 0.05) is 11.3 Å². The molecule has 1 aromatic rings. The van der Waals surface area contributed by atoms with Crippen LogP contribution in [0.2, 0.25) is 0 Å². The maximum Gasteiger partial charge on any atom is 0.123 e. The van der Waals surface area contributed by atoms with Crippen molar-refractivity contribution in [3.63, 3.8) is 0 Å². The van der Waals surface area contributed by atoms with Gasteiger partial charge in [-0.05, 0) is 62.1 Å². The van der Waals surface area contributed by atoms with Crippen LogP contribution in [0.25, 0.3) is 5.70 Å². The van der Waals surface area contributed by atoms with E-state index in [1.807, 2.05) is 26.0 Å². The fraction of sp³-hybridized carbons (Fsp3) is 0.294. The third kappa shape index (κ3) is 3.14. The third-order valence-electron chi connectivity index (χ3n) is 3.37. The monoisotopic (exact) mass is 257 g/mol. The van der Waals surface area contributed by atoms with Gasteiger partial charge in [-0.2, -0.15) is 0 Å². The summed E-state index contributed by atoms with van der Waals surface area (Å²) in [4.78, 5) is 0. The normalized spacial score (nSPS) is 16.4. The number of rotatable bonds is 5. The van der Waals surface area contributed by atoms with Gasteiger partial charge in [-0.1, -0.05) is 24.8 Å². The highest BCUT2D eigenvalue weighted by Gasteiger charge is 2.27. The highest BCUT2D eigenvalue weighted by atomic mass is 19.1. The number of hydrogen-bond donors (Lipinski definition) is 1. The molecule has 1 N–H and O–H groups in total. The van der Waals surface area contributed by atoms with E-state index in [1.165, 1.54) is 24.5 Å². The van der Waals surface area contributed by atoms with E-state index >= 15 is 0 Å². The molecule has 0 saturated heterocycles. The predicted octanol–water partition coefficient (Wildman–Crippen LogP) is 4.56. The molecule has 0 radical (unpaired) electrons. The smallest absolute Gasteiger partial charge is 0.123 e. The summed E-state index contributed by atoms with van der Waals surface area (Å²) < 4.78 is 13.5. The summed E-state index contributed by atoms with van der Waals surface area (Å²) in [5.74, 6) is 0.376. The summed E-state index contributed by atoms with van der Waals surface area (Å²) in [5.41, 5.74) is 4.21. The molecule has 1 aliphatic carbocycles. The molecule has 0 amide bonds. The topological polar surface area (TPSA) is 12.0 Å². The van der Waals surface area contributed by atoms with Gasteiger partial charge in [0.25, 0.3) is 0 Å². The first kappa shape index (κ1) is 13.6. The number of aryl methyl sites for hydroxylation is 1. The van der Waals surface area contributed by atoms with Gasteiger partial charge in [-0.15, -0.1) is 0 Å². The summed E-state index contributed by atoms with van der Waals surface area (Å²) in [7, 11) is 0. The van der Waals surface area contributed by atoms with Crippen LogP contribution in [0.4, 0.5) is 4.39 Å². The van der Waals surface area contributed by atoms with Crippen molar-refractivity contribution in [2.45, 2.75) is 26.7 Å². The molecule has 100 valence electrons. The first-order valence-electron chi connectivity index (χ1n) is 6.68. The molecule has 1 aliphatic rings. The Morgan fingerprint density at radius 2 is 2.16 bits per heavy atom. The van der Waals surface area contributed by atoms with Crippen LogP contribution in [0.15, 0.2) is 48.7 Å². The van der Waals surface area contributed by atoms with Crippen molar-refractivity contribution in [2.24, 2.45) is 5.92 Å². The first-order chi connectivity index (χ1) is 9.17. The highest BCUT2D eigenvalue weighted by molar-refractivity contribution is 5.73. The Morgan fingerprint density at radius 3 is 2.74 bits per heavy atom. The molecule has 0 heterocycles. The van der Waals surface area contributed by atoms with E-state index in [9.17, 15) is 4.39 Å². The maximum absolute atomic E-state index is 13.5. The van der Waals surface area contributed by atoms with Gasteiger partial charge in [0.2, 0.25) is 0 Å². The van der Waals surface area contributed by atoms with E-state index in [0.717, 1.165) is 16.8 Å². The summed E-state index contributed by atoms with van der Waals surface area (Å²) in [6.07, 6.45) is 8.22. The third-order valence-corrected chi connectivity index (χ3v) is 3.37. The zero-order valence-electron chi connectivity index (χ0n) is 11.5. The Labute approximate surface area is 114 Å². The quantitative estimate of drug-likeness (QED) is 0.762. The van der Waals surface area contributed by atoms with E-state index in [4.69, 9.17) is 0 Å². The van der Waals surface area contributed by atoms with Crippen LogP contribution in [0.1, 0.15) is 30.9 Å². The second-order valence-electron chi connectivity index (χ2n) is 4.91. The van der Waals surface area contributed by atoms with E-state index in [1.54, 1.807) is 12.3 Å². The molecule has 0 spiro atoms. The van der Waals surface area contributed by atoms with Gasteiger partial charge >= 0.3 is 0 Å². The zero-order chi connectivity index (χ0) is 13.8. The molecule has 0 aromatic heterocycles. The minimum absolute atomic E-state index is 0.209. The van der Waals surface area contributed by atoms with Crippen LogP contribution in [0, 0.1) is 18.7 Å². The SMILES string of the molecule is C=CN/C(=C(\C=C/C)C1CC1)c1cc(F)ccc1C. The minimum Gasteiger partial charge on any atom is -0.362 e. The molecule has 0 bridgehead atoms. The molecule has 0 atom stereocenters. The summed E-state index contributed by atoms with van der Waals surface area (Å²) in [5, 5.41) is 3.20. The molecule has 1 nitrogen and oxygen atoms in total. The maximum atomic E-state index is 13.5. The van der Waals surface area contributed by atoms with Gasteiger partial charge in [0.05, 0.1) is 0 Å². The lowest BCUT2D eigenvalue weighted by molar-refractivity contribution is 0.626. The Hall–Kier alpha value is -1.83. The van der Waals surface area contributed by atoms with Crippen molar-refractivity contribution >= 4 is 5.70 Å². The van der Waals surface area contributed by atoms with Crippen LogP contribution < -0.4 is 5.32 Å². The number of allylic oxidation sites excluding steroid dienone is 3. The van der Waals surface area contributed by atoms with Crippen molar-refractivity contribution < 1.29 is 4.39 Å². The lowest BCUT2D eigenvalue weighted by Crippen LogP contribution is -2.09. The molecule has 2 rings (SSSR count). The van der Waals surface area contributed by atoms with Crippen LogP contribution in [0.3, 0.4) is 0 Å². The summed E-state index contributed by atoms with van der Waals surface area (Å²) in [6.45, 7) is 7.74. The average molecular weight is 257 g/mol. The largest absolute Gasteiger partial charge is 0.362 e. The van der Waals surface area contributed by atoms with E-state index in [-0.39, 0.29) is 5.82 Å². The molecule has 1 fully saturated rings. The lowest BCUT2D eigenvalue weighted by atomic mass is 9.98. The molecular weight excluding hydrogens is 237 g/mol. The molecule has 0 aliphatic heterocycles. The predicted molar refractivity (Wildman–Crippen MR) is 78.9 cm³/mol. The van der Waals surface area contributed by atoms with Crippen LogP contribution in [-0.4, -0.2) is 0 Å². The molecule has 19 heavy (non-hydrogen) atoms. The van der Waals surface area contributed by atoms with Gasteiger partial charge in [0.1, 0.15) is 5.82 Å². The minimum atomic E-state index is -0.209. The van der Waals surface area contributed by atoms with Gasteiger partial charge in [-0.3, -0.25) is 0 Å². The number of nitrogens with one attached hydrogen (secondary N) is 1. The first-order valence-corrected chi connectivity index (χ1v) is 6.68. The summed E-state index contributed by atoms with van der Waals surface area (Å²) >= 11 is 0. The van der Waals surface area contributed by atoms with Crippen LogP contribution >= 0.6 is 0 Å².